The fourth-order valence-corrected chi connectivity index (χ4v) is 5.77. The number of β-lactam (4-membered cyclic amide) rings is 1. The van der Waals surface area contributed by atoms with Crippen molar-refractivity contribution in [3.63, 3.8) is 0 Å². The lowest BCUT2D eigenvalue weighted by Gasteiger charge is -2.49. The molecule has 2 aliphatic rings. The minimum Gasteiger partial charge on any atom is -0.479 e. The molecule has 1 fully saturated rings. The predicted octanol–water partition coefficient (Wildman–Crippen LogP) is -0.483. The number of aromatic nitrogens is 4. The van der Waals surface area contributed by atoms with Gasteiger partial charge in [-0.3, -0.25) is 14.5 Å². The first-order chi connectivity index (χ1) is 16.8. The number of H-pyrrole nitrogens is 1. The van der Waals surface area contributed by atoms with E-state index in [4.69, 9.17) is 9.52 Å². The van der Waals surface area contributed by atoms with Gasteiger partial charge in [0.05, 0.1) is 6.26 Å². The van der Waals surface area contributed by atoms with Crippen molar-refractivity contribution in [2.24, 2.45) is 5.16 Å². The molecular weight excluding hydrogens is 506 g/mol. The average Bonchev–Trinajstić information content (AvgIpc) is 3.53. The lowest BCUT2D eigenvalue weighted by molar-refractivity contribution is -0.150. The molecule has 4 N–H and O–H groups in total. The van der Waals surface area contributed by atoms with Crippen LogP contribution in [0.2, 0.25) is 0 Å². The highest BCUT2D eigenvalue weighted by atomic mass is 32.2. The molecule has 35 heavy (non-hydrogen) atoms. The van der Waals surface area contributed by atoms with Crippen LogP contribution in [0.5, 0.6) is 0 Å². The molecule has 0 radical (unpaired) electrons. The Balaban J connectivity index is 1.51. The van der Waals surface area contributed by atoms with Gasteiger partial charge < -0.3 is 24.8 Å². The van der Waals surface area contributed by atoms with Crippen molar-refractivity contribution in [2.45, 2.75) is 28.7 Å². The standard InChI is InChI=1S/C18H17N7O8S2/c1-7(35-18-20-23-24-21-18)8-6-34-16-12(15(29)25(16)13(8)17(30)31)19-14(28)11(9-3-2-4-32-9)22-33-5-10(26)27/h2-4,7,12,16H,5-6H2,1H3,(H,19,28)(H,26,27)(H,30,31)(H,20,21,23,24)/t7?,12-,16-/m1/s1. The molecule has 184 valence electrons. The largest absolute Gasteiger partial charge is 0.479 e. The van der Waals surface area contributed by atoms with E-state index >= 15 is 0 Å². The number of thioether (sulfide) groups is 2. The third kappa shape index (κ3) is 4.99. The van der Waals surface area contributed by atoms with Crippen molar-refractivity contribution < 1.29 is 38.6 Å². The molecule has 2 aromatic heterocycles. The number of hydrogen-bond donors (Lipinski definition) is 4. The van der Waals surface area contributed by atoms with Crippen molar-refractivity contribution in [3.8, 4) is 0 Å². The van der Waals surface area contributed by atoms with Gasteiger partial charge >= 0.3 is 11.9 Å². The van der Waals surface area contributed by atoms with Gasteiger partial charge in [-0.25, -0.2) is 9.59 Å². The number of aliphatic carboxylic acids is 2. The normalized spacial score (nSPS) is 20.7. The summed E-state index contributed by atoms with van der Waals surface area (Å²) in [6, 6.07) is 1.86. The summed E-state index contributed by atoms with van der Waals surface area (Å²) in [5, 5.41) is 37.4. The monoisotopic (exact) mass is 523 g/mol. The number of tetrazole rings is 1. The molecule has 1 saturated heterocycles. The number of carbonyl (C=O) groups excluding carboxylic acids is 2. The van der Waals surface area contributed by atoms with Gasteiger partial charge in [0.15, 0.2) is 5.76 Å². The maximum absolute atomic E-state index is 12.9. The number of aromatic amines is 1. The second-order valence-corrected chi connectivity index (χ2v) is 9.49. The zero-order valence-corrected chi connectivity index (χ0v) is 19.4. The number of furan rings is 1. The summed E-state index contributed by atoms with van der Waals surface area (Å²) in [5.41, 5.74) is -0.0211. The predicted molar refractivity (Wildman–Crippen MR) is 118 cm³/mol. The highest BCUT2D eigenvalue weighted by Crippen LogP contribution is 2.43. The molecule has 0 spiro atoms. The second-order valence-electron chi connectivity index (χ2n) is 7.08. The topological polar surface area (TPSA) is 213 Å². The number of nitrogens with one attached hydrogen (secondary N) is 2. The molecule has 0 bridgehead atoms. The zero-order valence-electron chi connectivity index (χ0n) is 17.8. The molecule has 17 heteroatoms. The molecule has 3 atom stereocenters. The van der Waals surface area contributed by atoms with E-state index in [0.29, 0.717) is 10.7 Å². The second kappa shape index (κ2) is 10.2. The lowest BCUT2D eigenvalue weighted by atomic mass is 10.0. The van der Waals surface area contributed by atoms with E-state index in [9.17, 15) is 24.3 Å². The average molecular weight is 524 g/mol. The Kier molecular flexibility index (Phi) is 7.06. The van der Waals surface area contributed by atoms with E-state index in [1.54, 1.807) is 6.92 Å². The van der Waals surface area contributed by atoms with Crippen LogP contribution < -0.4 is 5.32 Å². The third-order valence-electron chi connectivity index (χ3n) is 4.90. The van der Waals surface area contributed by atoms with E-state index in [0.717, 1.165) is 4.90 Å². The Labute approximate surface area is 204 Å². The number of oxime groups is 1. The summed E-state index contributed by atoms with van der Waals surface area (Å²) in [6.45, 7) is 0.981. The molecule has 0 aliphatic carbocycles. The van der Waals surface area contributed by atoms with Gasteiger partial charge in [0.25, 0.3) is 11.8 Å². The Morgan fingerprint density at radius 3 is 2.89 bits per heavy atom. The van der Waals surface area contributed by atoms with E-state index in [2.05, 4.69) is 35.9 Å². The van der Waals surface area contributed by atoms with Gasteiger partial charge in [-0.05, 0) is 29.8 Å². The number of carboxylic acids is 2. The minimum absolute atomic E-state index is 0.00598. The number of amides is 2. The molecule has 0 aromatic carbocycles. The Hall–Kier alpha value is -3.86. The van der Waals surface area contributed by atoms with Gasteiger partial charge in [0.2, 0.25) is 17.5 Å². The van der Waals surface area contributed by atoms with Crippen LogP contribution in [0.4, 0.5) is 0 Å². The van der Waals surface area contributed by atoms with Crippen LogP contribution in [0.1, 0.15) is 12.7 Å². The van der Waals surface area contributed by atoms with Crippen molar-refractivity contribution in [2.75, 3.05) is 12.4 Å². The maximum atomic E-state index is 12.9. The van der Waals surface area contributed by atoms with Crippen LogP contribution in [0.25, 0.3) is 0 Å². The van der Waals surface area contributed by atoms with Crippen LogP contribution in [-0.4, -0.2) is 94.2 Å². The molecule has 4 heterocycles. The number of fused-ring (bicyclic) bond motifs is 1. The van der Waals surface area contributed by atoms with Gasteiger partial charge in [0.1, 0.15) is 17.1 Å². The number of nitrogens with zero attached hydrogens (tertiary/aromatic N) is 5. The van der Waals surface area contributed by atoms with Crippen LogP contribution in [0.15, 0.2) is 44.4 Å². The van der Waals surface area contributed by atoms with Crippen molar-refractivity contribution in [1.29, 1.82) is 0 Å². The van der Waals surface area contributed by atoms with E-state index in [-0.39, 0.29) is 28.2 Å². The summed E-state index contributed by atoms with van der Waals surface area (Å²) in [5.74, 6) is -3.76. The summed E-state index contributed by atoms with van der Waals surface area (Å²) in [6.07, 6.45) is 1.28. The highest BCUT2D eigenvalue weighted by Gasteiger charge is 2.55. The lowest BCUT2D eigenvalue weighted by Crippen LogP contribution is -2.71. The molecule has 4 rings (SSSR count). The smallest absolute Gasteiger partial charge is 0.352 e. The fraction of sp³-hybridized carbons (Fsp3) is 0.333. The molecule has 15 nitrogen and oxygen atoms in total. The first-order valence-corrected chi connectivity index (χ1v) is 11.8. The van der Waals surface area contributed by atoms with Gasteiger partial charge in [-0.2, -0.15) is 5.21 Å². The Morgan fingerprint density at radius 2 is 2.26 bits per heavy atom. The van der Waals surface area contributed by atoms with Crippen LogP contribution >= 0.6 is 23.5 Å². The van der Waals surface area contributed by atoms with Gasteiger partial charge in [0, 0.05) is 11.0 Å². The first kappa shape index (κ1) is 24.3. The number of carbonyl (C=O) groups is 4. The molecular formula is C18H17N7O8S2. The Bertz CT molecular complexity index is 1200. The SMILES string of the molecule is CC(Sc1nn[nH]n1)C1=C(C(=O)O)N2C(=O)[C@@H](NC(=O)C(=NOCC(=O)O)c3ccco3)[C@H]2SC1. The molecule has 0 saturated carbocycles. The quantitative estimate of drug-likeness (QED) is 0.134. The maximum Gasteiger partial charge on any atom is 0.352 e. The van der Waals surface area contributed by atoms with Crippen LogP contribution in [-0.2, 0) is 24.0 Å². The summed E-state index contributed by atoms with van der Waals surface area (Å²) in [7, 11) is 0. The van der Waals surface area contributed by atoms with Gasteiger partial charge in [-0.15, -0.1) is 22.0 Å². The van der Waals surface area contributed by atoms with Crippen molar-refractivity contribution >= 4 is 53.0 Å². The molecule has 1 unspecified atom stereocenters. The van der Waals surface area contributed by atoms with Gasteiger partial charge in [-0.1, -0.05) is 16.9 Å². The molecule has 2 aromatic rings. The van der Waals surface area contributed by atoms with Crippen molar-refractivity contribution in [3.05, 3.63) is 35.4 Å². The first-order valence-electron chi connectivity index (χ1n) is 9.85. The summed E-state index contributed by atoms with van der Waals surface area (Å²) >= 11 is 2.48. The van der Waals surface area contributed by atoms with E-state index < -0.39 is 41.8 Å². The fourth-order valence-electron chi connectivity index (χ4n) is 3.36. The summed E-state index contributed by atoms with van der Waals surface area (Å²) in [4.78, 5) is 54.3. The van der Waals surface area contributed by atoms with E-state index in [1.165, 1.54) is 41.9 Å². The number of carboxylic acid groups (broad SMARTS) is 2. The van der Waals surface area contributed by atoms with Crippen LogP contribution in [0.3, 0.4) is 0 Å². The number of rotatable bonds is 10. The Morgan fingerprint density at radius 1 is 1.46 bits per heavy atom. The third-order valence-corrected chi connectivity index (χ3v) is 7.22. The molecule has 2 aliphatic heterocycles. The van der Waals surface area contributed by atoms with Crippen molar-refractivity contribution in [1.82, 2.24) is 30.8 Å². The minimum atomic E-state index is -1.30. The molecule has 2 amide bonds. The number of hydrogen-bond acceptors (Lipinski definition) is 12. The highest BCUT2D eigenvalue weighted by molar-refractivity contribution is 8.01. The van der Waals surface area contributed by atoms with E-state index in [1.807, 2.05) is 0 Å². The zero-order chi connectivity index (χ0) is 25.1. The summed E-state index contributed by atoms with van der Waals surface area (Å²) < 4.78 is 5.15. The van der Waals surface area contributed by atoms with Crippen LogP contribution in [0, 0.1) is 0 Å².